The van der Waals surface area contributed by atoms with E-state index in [0.717, 1.165) is 16.7 Å². The van der Waals surface area contributed by atoms with Crippen molar-refractivity contribution in [1.82, 2.24) is 20.5 Å². The molecule has 1 aromatic heterocycles. The van der Waals surface area contributed by atoms with Crippen molar-refractivity contribution >= 4 is 47.4 Å². The van der Waals surface area contributed by atoms with Crippen LogP contribution < -0.4 is 10.6 Å². The monoisotopic (exact) mass is 537 g/mol. The molecule has 1 rings (SSSR count). The lowest BCUT2D eigenvalue weighted by Crippen LogP contribution is -2.43. The summed E-state index contributed by atoms with van der Waals surface area (Å²) in [4.78, 5) is 20.9. The van der Waals surface area contributed by atoms with Gasteiger partial charge in [-0.3, -0.25) is 4.99 Å². The van der Waals surface area contributed by atoms with Gasteiger partial charge in [-0.05, 0) is 20.8 Å². The largest absolute Gasteiger partial charge is 0.444 e. The average Bonchev–Trinajstić information content (AvgIpc) is 3.00. The number of alkyl halides is 3. The maximum absolute atomic E-state index is 12.5. The molecule has 1 aromatic rings. The fourth-order valence-corrected chi connectivity index (χ4v) is 2.64. The van der Waals surface area contributed by atoms with Gasteiger partial charge in [0.05, 0.1) is 5.01 Å². The molecule has 0 fully saturated rings. The smallest absolute Gasteiger partial charge is 0.434 e. The molecule has 0 bridgehead atoms. The Morgan fingerprint density at radius 3 is 2.39 bits per heavy atom. The summed E-state index contributed by atoms with van der Waals surface area (Å²) < 4.78 is 42.8. The van der Waals surface area contributed by atoms with Gasteiger partial charge in [0.25, 0.3) is 0 Å². The fourth-order valence-electron chi connectivity index (χ4n) is 1.84. The number of hydrogen-bond acceptors (Lipinski definition) is 5. The zero-order chi connectivity index (χ0) is 20.7. The molecule has 28 heavy (non-hydrogen) atoms. The Bertz CT molecular complexity index is 647. The average molecular weight is 537 g/mol. The van der Waals surface area contributed by atoms with Gasteiger partial charge in [0.15, 0.2) is 11.7 Å². The van der Waals surface area contributed by atoms with Crippen LogP contribution in [0, 0.1) is 0 Å². The summed E-state index contributed by atoms with van der Waals surface area (Å²) in [5.74, 6) is 0.486. The molecule has 0 spiro atoms. The third-order valence-corrected chi connectivity index (χ3v) is 4.05. The van der Waals surface area contributed by atoms with Gasteiger partial charge in [-0.15, -0.1) is 35.3 Å². The Labute approximate surface area is 184 Å². The van der Waals surface area contributed by atoms with Crippen molar-refractivity contribution in [3.8, 4) is 0 Å². The van der Waals surface area contributed by atoms with E-state index >= 15 is 0 Å². The third kappa shape index (κ3) is 10.3. The molecule has 1 amide bonds. The number of halogens is 4. The van der Waals surface area contributed by atoms with Crippen molar-refractivity contribution in [3.05, 3.63) is 16.1 Å². The Kier molecular flexibility index (Phi) is 11.1. The summed E-state index contributed by atoms with van der Waals surface area (Å²) in [5.41, 5.74) is -1.42. The van der Waals surface area contributed by atoms with Gasteiger partial charge in [-0.1, -0.05) is 0 Å². The Hall–Kier alpha value is -1.31. The summed E-state index contributed by atoms with van der Waals surface area (Å²) in [6, 6.07) is 0. The number of likely N-dealkylation sites (N-methyl/N-ethyl adjacent to an activating group) is 1. The third-order valence-electron chi connectivity index (χ3n) is 3.14. The standard InChI is InChI=1S/C16H26F3N5O2S.HI/c1-15(2,3)26-14(25)24(5)9-8-22-13(20-4)21-7-6-12-23-11(10-27-12)16(17,18)19;/h10H,6-9H2,1-5H3,(H2,20,21,22);1H. The topological polar surface area (TPSA) is 78.9 Å². The predicted molar refractivity (Wildman–Crippen MR) is 114 cm³/mol. The summed E-state index contributed by atoms with van der Waals surface area (Å²) in [7, 11) is 3.21. The van der Waals surface area contributed by atoms with Gasteiger partial charge in [0.1, 0.15) is 5.60 Å². The van der Waals surface area contributed by atoms with Crippen LogP contribution in [-0.4, -0.2) is 61.3 Å². The van der Waals surface area contributed by atoms with Crippen molar-refractivity contribution in [2.45, 2.75) is 39.0 Å². The minimum atomic E-state index is -4.42. The first-order valence-electron chi connectivity index (χ1n) is 8.32. The normalized spacial score (nSPS) is 12.2. The van der Waals surface area contributed by atoms with E-state index in [9.17, 15) is 18.0 Å². The molecule has 0 saturated heterocycles. The lowest BCUT2D eigenvalue weighted by atomic mass is 10.2. The van der Waals surface area contributed by atoms with E-state index in [1.54, 1.807) is 34.9 Å². The van der Waals surface area contributed by atoms with E-state index in [2.05, 4.69) is 20.6 Å². The first kappa shape index (κ1) is 26.7. The number of carbonyl (C=O) groups is 1. The summed E-state index contributed by atoms with van der Waals surface area (Å²) in [6.07, 6.45) is -4.49. The predicted octanol–water partition coefficient (Wildman–Crippen LogP) is 3.35. The van der Waals surface area contributed by atoms with E-state index in [-0.39, 0.29) is 24.0 Å². The number of guanidine groups is 1. The van der Waals surface area contributed by atoms with E-state index in [1.165, 1.54) is 4.90 Å². The van der Waals surface area contributed by atoms with Crippen LogP contribution in [0.15, 0.2) is 10.4 Å². The molecule has 0 unspecified atom stereocenters. The second kappa shape index (κ2) is 11.6. The number of aliphatic imine (C=N–C) groups is 1. The van der Waals surface area contributed by atoms with E-state index in [4.69, 9.17) is 4.74 Å². The number of hydrogen-bond donors (Lipinski definition) is 2. The molecule has 0 aliphatic heterocycles. The molecular formula is C16H27F3IN5O2S. The van der Waals surface area contributed by atoms with Crippen LogP contribution >= 0.6 is 35.3 Å². The lowest BCUT2D eigenvalue weighted by Gasteiger charge is -2.24. The van der Waals surface area contributed by atoms with E-state index < -0.39 is 23.6 Å². The van der Waals surface area contributed by atoms with Crippen LogP contribution in [0.3, 0.4) is 0 Å². The van der Waals surface area contributed by atoms with Crippen molar-refractivity contribution in [1.29, 1.82) is 0 Å². The number of nitrogens with one attached hydrogen (secondary N) is 2. The van der Waals surface area contributed by atoms with Gasteiger partial charge in [-0.25, -0.2) is 9.78 Å². The first-order chi connectivity index (χ1) is 12.4. The Balaban J connectivity index is 0.00000729. The lowest BCUT2D eigenvalue weighted by molar-refractivity contribution is -0.140. The first-order valence-corrected chi connectivity index (χ1v) is 9.20. The van der Waals surface area contributed by atoms with Crippen LogP contribution in [-0.2, 0) is 17.3 Å². The molecule has 7 nitrogen and oxygen atoms in total. The second-order valence-corrected chi connectivity index (χ2v) is 7.64. The molecule has 0 radical (unpaired) electrons. The number of ether oxygens (including phenoxy) is 1. The summed E-state index contributed by atoms with van der Waals surface area (Å²) in [6.45, 7) is 6.60. The zero-order valence-electron chi connectivity index (χ0n) is 16.5. The summed E-state index contributed by atoms with van der Waals surface area (Å²) in [5, 5.41) is 7.43. The quantitative estimate of drug-likeness (QED) is 0.331. The highest BCUT2D eigenvalue weighted by Gasteiger charge is 2.33. The van der Waals surface area contributed by atoms with Crippen LogP contribution in [0.5, 0.6) is 0 Å². The van der Waals surface area contributed by atoms with Crippen molar-refractivity contribution in [2.24, 2.45) is 4.99 Å². The minimum absolute atomic E-state index is 0. The minimum Gasteiger partial charge on any atom is -0.444 e. The van der Waals surface area contributed by atoms with Gasteiger partial charge < -0.3 is 20.3 Å². The highest BCUT2D eigenvalue weighted by Crippen LogP contribution is 2.29. The molecule has 2 N–H and O–H groups in total. The fraction of sp³-hybridized carbons (Fsp3) is 0.688. The van der Waals surface area contributed by atoms with Gasteiger partial charge in [0, 0.05) is 45.5 Å². The maximum Gasteiger partial charge on any atom is 0.434 e. The van der Waals surface area contributed by atoms with Gasteiger partial charge in [-0.2, -0.15) is 13.2 Å². The second-order valence-electron chi connectivity index (χ2n) is 6.70. The molecule has 1 heterocycles. The molecule has 0 aliphatic carbocycles. The number of nitrogens with zero attached hydrogens (tertiary/aromatic N) is 3. The Morgan fingerprint density at radius 1 is 1.29 bits per heavy atom. The molecule has 0 atom stereocenters. The number of thiazole rings is 1. The van der Waals surface area contributed by atoms with Crippen LogP contribution in [0.4, 0.5) is 18.0 Å². The maximum atomic E-state index is 12.5. The molecule has 0 aliphatic rings. The highest BCUT2D eigenvalue weighted by atomic mass is 127. The van der Waals surface area contributed by atoms with Crippen LogP contribution in [0.2, 0.25) is 0 Å². The van der Waals surface area contributed by atoms with Crippen molar-refractivity contribution < 1.29 is 22.7 Å². The number of carbonyl (C=O) groups excluding carboxylic acids is 1. The van der Waals surface area contributed by atoms with E-state index in [1.807, 2.05) is 0 Å². The zero-order valence-corrected chi connectivity index (χ0v) is 19.7. The highest BCUT2D eigenvalue weighted by molar-refractivity contribution is 14.0. The Morgan fingerprint density at radius 2 is 1.89 bits per heavy atom. The molecule has 0 aromatic carbocycles. The number of amides is 1. The number of rotatable bonds is 6. The molecule has 162 valence electrons. The summed E-state index contributed by atoms with van der Waals surface area (Å²) >= 11 is 0.976. The van der Waals surface area contributed by atoms with Crippen LogP contribution in [0.1, 0.15) is 31.5 Å². The van der Waals surface area contributed by atoms with Gasteiger partial charge >= 0.3 is 12.3 Å². The molecular weight excluding hydrogens is 510 g/mol. The molecule has 0 saturated carbocycles. The van der Waals surface area contributed by atoms with Crippen LogP contribution in [0.25, 0.3) is 0 Å². The SMILES string of the molecule is CN=C(NCCc1nc(C(F)(F)F)cs1)NCCN(C)C(=O)OC(C)(C)C.I. The number of aromatic nitrogens is 1. The van der Waals surface area contributed by atoms with E-state index in [0.29, 0.717) is 37.0 Å². The van der Waals surface area contributed by atoms with Crippen molar-refractivity contribution in [3.63, 3.8) is 0 Å². The van der Waals surface area contributed by atoms with Gasteiger partial charge in [0.2, 0.25) is 0 Å². The van der Waals surface area contributed by atoms with Crippen molar-refractivity contribution in [2.75, 3.05) is 33.7 Å². The molecule has 12 heteroatoms.